The number of carbonyl (C=O) groups excluding carboxylic acids is 1. The first-order valence-electron chi connectivity index (χ1n) is 6.29. The molecule has 1 heterocycles. The Morgan fingerprint density at radius 1 is 1.10 bits per heavy atom. The minimum atomic E-state index is -4.73. The zero-order valence-corrected chi connectivity index (χ0v) is 11.8. The molecular weight excluding hydrogens is 283 g/mol. The van der Waals surface area contributed by atoms with Crippen LogP contribution in [0.25, 0.3) is 0 Å². The molecule has 0 saturated carbocycles. The van der Waals surface area contributed by atoms with Crippen LogP contribution in [0.5, 0.6) is 0 Å². The van der Waals surface area contributed by atoms with Crippen LogP contribution >= 0.6 is 0 Å². The molecule has 0 spiro atoms. The third-order valence-corrected chi connectivity index (χ3v) is 2.82. The summed E-state index contributed by atoms with van der Waals surface area (Å²) in [6.45, 7) is 5.02. The molecule has 21 heavy (non-hydrogen) atoms. The van der Waals surface area contributed by atoms with Crippen LogP contribution in [0.3, 0.4) is 0 Å². The van der Waals surface area contributed by atoms with Gasteiger partial charge in [-0.1, -0.05) is 51.1 Å². The lowest BCUT2D eigenvalue weighted by molar-refractivity contribution is -0.157. The Kier molecular flexibility index (Phi) is 3.65. The molecule has 0 aliphatic carbocycles. The molecule has 1 aromatic heterocycles. The number of carbonyl (C=O) groups is 1. The van der Waals surface area contributed by atoms with Crippen molar-refractivity contribution < 1.29 is 22.4 Å². The summed E-state index contributed by atoms with van der Waals surface area (Å²) >= 11 is 0. The Morgan fingerprint density at radius 2 is 1.67 bits per heavy atom. The molecule has 2 rings (SSSR count). The second-order valence-electron chi connectivity index (χ2n) is 5.64. The van der Waals surface area contributed by atoms with Crippen molar-refractivity contribution in [2.24, 2.45) is 0 Å². The van der Waals surface area contributed by atoms with Gasteiger partial charge in [0.15, 0.2) is 5.76 Å². The Morgan fingerprint density at radius 3 is 2.14 bits per heavy atom. The predicted molar refractivity (Wildman–Crippen MR) is 70.1 cm³/mol. The highest BCUT2D eigenvalue weighted by Gasteiger charge is 2.41. The molecule has 0 unspecified atom stereocenters. The first-order valence-corrected chi connectivity index (χ1v) is 6.29. The maximum atomic E-state index is 12.8. The minimum Gasteiger partial charge on any atom is -0.429 e. The fraction of sp³-hybridized carbons (Fsp3) is 0.333. The van der Waals surface area contributed by atoms with Crippen molar-refractivity contribution in [3.05, 3.63) is 53.2 Å². The van der Waals surface area contributed by atoms with Crippen LogP contribution < -0.4 is 0 Å². The number of alkyl halides is 3. The Labute approximate surface area is 119 Å². The lowest BCUT2D eigenvalue weighted by Crippen LogP contribution is -2.17. The van der Waals surface area contributed by atoms with Crippen molar-refractivity contribution in [2.75, 3.05) is 0 Å². The van der Waals surface area contributed by atoms with Crippen LogP contribution in [-0.4, -0.2) is 10.8 Å². The highest BCUT2D eigenvalue weighted by atomic mass is 19.4. The van der Waals surface area contributed by atoms with E-state index in [1.165, 1.54) is 12.1 Å². The van der Waals surface area contributed by atoms with Crippen molar-refractivity contribution in [3.8, 4) is 0 Å². The number of hydrogen-bond donors (Lipinski definition) is 0. The van der Waals surface area contributed by atoms with Crippen LogP contribution in [0.2, 0.25) is 0 Å². The monoisotopic (exact) mass is 297 g/mol. The Hall–Kier alpha value is -2.11. The van der Waals surface area contributed by atoms with Gasteiger partial charge < -0.3 is 4.42 Å². The molecule has 0 aliphatic rings. The molecule has 6 heteroatoms. The van der Waals surface area contributed by atoms with E-state index in [9.17, 15) is 18.0 Å². The third kappa shape index (κ3) is 3.15. The van der Waals surface area contributed by atoms with Crippen LogP contribution in [0.1, 0.15) is 48.5 Å². The minimum absolute atomic E-state index is 0.00341. The third-order valence-electron chi connectivity index (χ3n) is 2.82. The number of ketones is 1. The molecule has 2 aromatic rings. The normalized spacial score (nSPS) is 12.5. The number of aromatic nitrogens is 1. The number of hydrogen-bond acceptors (Lipinski definition) is 3. The van der Waals surface area contributed by atoms with E-state index in [0.29, 0.717) is 0 Å². The average Bonchev–Trinajstić information content (AvgIpc) is 2.83. The average molecular weight is 297 g/mol. The SMILES string of the molecule is CC(C)(C)c1nc(C(F)(F)F)oc1C(=O)c1ccccc1. The Bertz CT molecular complexity index is 652. The van der Waals surface area contributed by atoms with Gasteiger partial charge in [-0.05, 0) is 0 Å². The van der Waals surface area contributed by atoms with Gasteiger partial charge in [0.2, 0.25) is 5.78 Å². The van der Waals surface area contributed by atoms with E-state index in [1.807, 2.05) is 0 Å². The van der Waals surface area contributed by atoms with Crippen LogP contribution in [0.4, 0.5) is 13.2 Å². The number of rotatable bonds is 2. The van der Waals surface area contributed by atoms with Gasteiger partial charge in [0.1, 0.15) is 0 Å². The Balaban J connectivity index is 2.57. The number of nitrogens with zero attached hydrogens (tertiary/aromatic N) is 1. The first kappa shape index (κ1) is 15.3. The van der Waals surface area contributed by atoms with E-state index in [1.54, 1.807) is 39.0 Å². The first-order chi connectivity index (χ1) is 9.60. The molecule has 0 atom stereocenters. The van der Waals surface area contributed by atoms with Gasteiger partial charge in [0.25, 0.3) is 0 Å². The van der Waals surface area contributed by atoms with E-state index in [0.717, 1.165) is 0 Å². The van der Waals surface area contributed by atoms with Crippen molar-refractivity contribution in [1.29, 1.82) is 0 Å². The summed E-state index contributed by atoms with van der Waals surface area (Å²) in [5.74, 6) is -2.36. The lowest BCUT2D eigenvalue weighted by atomic mass is 9.89. The zero-order valence-electron chi connectivity index (χ0n) is 11.8. The van der Waals surface area contributed by atoms with Crippen molar-refractivity contribution >= 4 is 5.78 Å². The van der Waals surface area contributed by atoms with E-state index in [-0.39, 0.29) is 17.0 Å². The number of benzene rings is 1. The predicted octanol–water partition coefficient (Wildman–Crippen LogP) is 4.22. The fourth-order valence-electron chi connectivity index (χ4n) is 1.82. The second kappa shape index (κ2) is 5.02. The highest BCUT2D eigenvalue weighted by molar-refractivity contribution is 6.07. The van der Waals surface area contributed by atoms with Gasteiger partial charge in [0.05, 0.1) is 5.69 Å². The lowest BCUT2D eigenvalue weighted by Gasteiger charge is -2.15. The molecular formula is C15H14F3NO2. The van der Waals surface area contributed by atoms with Gasteiger partial charge in [-0.25, -0.2) is 4.98 Å². The molecule has 0 bridgehead atoms. The molecule has 0 saturated heterocycles. The van der Waals surface area contributed by atoms with Gasteiger partial charge in [0, 0.05) is 11.0 Å². The summed E-state index contributed by atoms with van der Waals surface area (Å²) in [6, 6.07) is 8.01. The number of oxazole rings is 1. The van der Waals surface area contributed by atoms with Gasteiger partial charge in [-0.15, -0.1) is 0 Å². The zero-order chi connectivity index (χ0) is 15.8. The summed E-state index contributed by atoms with van der Waals surface area (Å²) in [6.07, 6.45) is -4.73. The summed E-state index contributed by atoms with van der Waals surface area (Å²) in [5, 5.41) is 0. The number of halogens is 3. The molecule has 1 aromatic carbocycles. The smallest absolute Gasteiger partial charge is 0.429 e. The van der Waals surface area contributed by atoms with Crippen LogP contribution in [0, 0.1) is 0 Å². The standard InChI is InChI=1S/C15H14F3NO2/c1-14(2,3)12-11(21-13(19-12)15(16,17)18)10(20)9-7-5-4-6-8-9/h4-8H,1-3H3. The van der Waals surface area contributed by atoms with Crippen molar-refractivity contribution in [2.45, 2.75) is 32.4 Å². The molecule has 3 nitrogen and oxygen atoms in total. The molecule has 0 aliphatic heterocycles. The molecule has 0 fully saturated rings. The van der Waals surface area contributed by atoms with E-state index < -0.39 is 23.3 Å². The summed E-state index contributed by atoms with van der Waals surface area (Å²) < 4.78 is 43.0. The quantitative estimate of drug-likeness (QED) is 0.779. The second-order valence-corrected chi connectivity index (χ2v) is 5.64. The molecule has 0 amide bonds. The van der Waals surface area contributed by atoms with E-state index in [2.05, 4.69) is 4.98 Å². The van der Waals surface area contributed by atoms with Crippen molar-refractivity contribution in [3.63, 3.8) is 0 Å². The topological polar surface area (TPSA) is 43.1 Å². The largest absolute Gasteiger partial charge is 0.468 e. The van der Waals surface area contributed by atoms with Crippen molar-refractivity contribution in [1.82, 2.24) is 4.98 Å². The summed E-state index contributed by atoms with van der Waals surface area (Å²) in [7, 11) is 0. The maximum Gasteiger partial charge on any atom is 0.468 e. The van der Waals surface area contributed by atoms with Gasteiger partial charge >= 0.3 is 12.1 Å². The molecule has 0 radical (unpaired) electrons. The summed E-state index contributed by atoms with van der Waals surface area (Å²) in [4.78, 5) is 15.8. The van der Waals surface area contributed by atoms with Gasteiger partial charge in [-0.3, -0.25) is 4.79 Å². The fourth-order valence-corrected chi connectivity index (χ4v) is 1.82. The summed E-state index contributed by atoms with van der Waals surface area (Å²) in [5.41, 5.74) is -0.483. The highest BCUT2D eigenvalue weighted by Crippen LogP contribution is 2.34. The van der Waals surface area contributed by atoms with Crippen LogP contribution in [0.15, 0.2) is 34.7 Å². The van der Waals surface area contributed by atoms with Crippen LogP contribution in [-0.2, 0) is 11.6 Å². The van der Waals surface area contributed by atoms with Gasteiger partial charge in [-0.2, -0.15) is 13.2 Å². The molecule has 0 N–H and O–H groups in total. The molecule has 112 valence electrons. The van der Waals surface area contributed by atoms with E-state index >= 15 is 0 Å². The maximum absolute atomic E-state index is 12.8. The van der Waals surface area contributed by atoms with E-state index in [4.69, 9.17) is 4.42 Å².